The van der Waals surface area contributed by atoms with Crippen molar-refractivity contribution in [1.29, 1.82) is 0 Å². The van der Waals surface area contributed by atoms with Gasteiger partial charge in [0.15, 0.2) is 5.41 Å². The highest BCUT2D eigenvalue weighted by molar-refractivity contribution is 6.03. The Morgan fingerprint density at radius 2 is 1.79 bits per heavy atom. The third kappa shape index (κ3) is 2.93. The normalized spacial score (nSPS) is 33.8. The van der Waals surface area contributed by atoms with E-state index in [1.54, 1.807) is 0 Å². The zero-order valence-electron chi connectivity index (χ0n) is 14.2. The Balaban J connectivity index is 1.83. The number of hydrogen-bond acceptors (Lipinski definition) is 6. The Bertz CT molecular complexity index is 729. The SMILES string of the molecule is C=C(C)C(=O)OC1C2CC3C1OC(=O)C3(C(=O)OC(C(F)(F)F)C(F)(F)F)C2. The van der Waals surface area contributed by atoms with E-state index in [1.165, 1.54) is 6.92 Å². The van der Waals surface area contributed by atoms with Crippen molar-refractivity contribution < 1.29 is 54.9 Å². The highest BCUT2D eigenvalue weighted by Crippen LogP contribution is 2.63. The van der Waals surface area contributed by atoms with E-state index in [4.69, 9.17) is 9.47 Å². The first-order valence-electron chi connectivity index (χ1n) is 8.11. The van der Waals surface area contributed by atoms with Crippen molar-refractivity contribution in [3.63, 3.8) is 0 Å². The third-order valence-electron chi connectivity index (χ3n) is 5.34. The quantitative estimate of drug-likeness (QED) is 0.230. The van der Waals surface area contributed by atoms with Gasteiger partial charge in [0.2, 0.25) is 0 Å². The first-order chi connectivity index (χ1) is 12.7. The van der Waals surface area contributed by atoms with Gasteiger partial charge in [-0.1, -0.05) is 6.58 Å². The van der Waals surface area contributed by atoms with E-state index in [0.29, 0.717) is 0 Å². The van der Waals surface area contributed by atoms with Gasteiger partial charge < -0.3 is 14.2 Å². The van der Waals surface area contributed by atoms with Crippen LogP contribution >= 0.6 is 0 Å². The summed E-state index contributed by atoms with van der Waals surface area (Å²) in [7, 11) is 0. The van der Waals surface area contributed by atoms with Crippen LogP contribution in [0.3, 0.4) is 0 Å². The van der Waals surface area contributed by atoms with Gasteiger partial charge in [-0.2, -0.15) is 26.3 Å². The smallest absolute Gasteiger partial charge is 0.434 e. The molecule has 6 nitrogen and oxygen atoms in total. The van der Waals surface area contributed by atoms with Crippen LogP contribution in [0.4, 0.5) is 26.3 Å². The lowest BCUT2D eigenvalue weighted by molar-refractivity contribution is -0.315. The van der Waals surface area contributed by atoms with Crippen LogP contribution < -0.4 is 0 Å². The van der Waals surface area contributed by atoms with Gasteiger partial charge >= 0.3 is 30.3 Å². The third-order valence-corrected chi connectivity index (χ3v) is 5.34. The molecule has 5 unspecified atom stereocenters. The van der Waals surface area contributed by atoms with Gasteiger partial charge in [-0.3, -0.25) is 9.59 Å². The molecule has 3 rings (SSSR count). The molecule has 1 heterocycles. The largest absolute Gasteiger partial charge is 0.457 e. The first kappa shape index (κ1) is 20.5. The van der Waals surface area contributed by atoms with Gasteiger partial charge in [0, 0.05) is 17.4 Å². The van der Waals surface area contributed by atoms with Crippen LogP contribution in [-0.2, 0) is 28.6 Å². The molecule has 1 aliphatic heterocycles. The Morgan fingerprint density at radius 3 is 2.29 bits per heavy atom. The van der Waals surface area contributed by atoms with Crippen LogP contribution in [0.1, 0.15) is 19.8 Å². The van der Waals surface area contributed by atoms with Crippen LogP contribution in [0.2, 0.25) is 0 Å². The topological polar surface area (TPSA) is 78.9 Å². The second-order valence-corrected chi connectivity index (χ2v) is 7.17. The molecule has 3 aliphatic rings. The summed E-state index contributed by atoms with van der Waals surface area (Å²) in [6.45, 7) is 4.75. The molecular weight excluding hydrogens is 402 g/mol. The van der Waals surface area contributed by atoms with E-state index >= 15 is 0 Å². The zero-order chi connectivity index (χ0) is 21.2. The lowest BCUT2D eigenvalue weighted by atomic mass is 9.73. The molecule has 2 aliphatic carbocycles. The molecule has 2 saturated carbocycles. The van der Waals surface area contributed by atoms with Crippen molar-refractivity contribution in [2.45, 2.75) is 50.4 Å². The summed E-state index contributed by atoms with van der Waals surface area (Å²) in [4.78, 5) is 36.3. The van der Waals surface area contributed by atoms with Crippen molar-refractivity contribution >= 4 is 17.9 Å². The molecule has 0 aromatic heterocycles. The summed E-state index contributed by atoms with van der Waals surface area (Å²) >= 11 is 0. The van der Waals surface area contributed by atoms with E-state index in [0.717, 1.165) is 0 Å². The summed E-state index contributed by atoms with van der Waals surface area (Å²) in [6.07, 6.45) is -18.6. The van der Waals surface area contributed by atoms with Crippen LogP contribution in [-0.4, -0.2) is 48.6 Å². The highest BCUT2D eigenvalue weighted by atomic mass is 19.4. The zero-order valence-corrected chi connectivity index (χ0v) is 14.2. The molecule has 0 aromatic carbocycles. The molecule has 3 fully saturated rings. The van der Waals surface area contributed by atoms with E-state index < -0.39 is 72.2 Å². The Hall–Kier alpha value is -2.27. The standard InChI is InChI=1S/C16H14F6O6/c1-5(2)10(23)26-8-6-3-7-9(8)27-12(24)14(7,4-6)13(25)28-11(15(17,18)19)16(20,21)22/h6-9,11H,1,3-4H2,2H3. The van der Waals surface area contributed by atoms with Gasteiger partial charge in [-0.25, -0.2) is 4.79 Å². The Kier molecular flexibility index (Phi) is 4.47. The van der Waals surface area contributed by atoms with E-state index in [9.17, 15) is 40.7 Å². The number of hydrogen-bond donors (Lipinski definition) is 0. The molecule has 0 radical (unpaired) electrons. The summed E-state index contributed by atoms with van der Waals surface area (Å²) < 4.78 is 90.1. The molecule has 0 N–H and O–H groups in total. The molecule has 0 amide bonds. The second-order valence-electron chi connectivity index (χ2n) is 7.17. The molecule has 28 heavy (non-hydrogen) atoms. The van der Waals surface area contributed by atoms with Crippen molar-refractivity contribution in [2.24, 2.45) is 17.3 Å². The maximum atomic E-state index is 12.7. The minimum atomic E-state index is -5.90. The number of rotatable bonds is 4. The van der Waals surface area contributed by atoms with Crippen LogP contribution in [0.5, 0.6) is 0 Å². The fraction of sp³-hybridized carbons (Fsp3) is 0.688. The molecule has 156 valence electrons. The second kappa shape index (κ2) is 6.11. The summed E-state index contributed by atoms with van der Waals surface area (Å²) in [5, 5.41) is 0. The fourth-order valence-electron chi connectivity index (χ4n) is 4.19. The van der Waals surface area contributed by atoms with Crippen LogP contribution in [0.25, 0.3) is 0 Å². The van der Waals surface area contributed by atoms with E-state index in [2.05, 4.69) is 11.3 Å². The molecule has 12 heteroatoms. The predicted molar refractivity (Wildman–Crippen MR) is 75.2 cm³/mol. The molecule has 0 spiro atoms. The summed E-state index contributed by atoms with van der Waals surface area (Å²) in [5.41, 5.74) is -2.22. The maximum absolute atomic E-state index is 12.7. The van der Waals surface area contributed by atoms with Crippen molar-refractivity contribution in [1.82, 2.24) is 0 Å². The van der Waals surface area contributed by atoms with Gasteiger partial charge in [0.1, 0.15) is 12.2 Å². The van der Waals surface area contributed by atoms with Crippen LogP contribution in [0, 0.1) is 17.3 Å². The maximum Gasteiger partial charge on any atom is 0.434 e. The average molecular weight is 416 g/mol. The highest BCUT2D eigenvalue weighted by Gasteiger charge is 2.76. The first-order valence-corrected chi connectivity index (χ1v) is 8.11. The fourth-order valence-corrected chi connectivity index (χ4v) is 4.19. The van der Waals surface area contributed by atoms with Crippen molar-refractivity contribution in [2.75, 3.05) is 0 Å². The lowest BCUT2D eigenvalue weighted by Crippen LogP contribution is -2.51. The van der Waals surface area contributed by atoms with E-state index in [-0.39, 0.29) is 12.0 Å². The number of alkyl halides is 6. The van der Waals surface area contributed by atoms with E-state index in [1.807, 2.05) is 0 Å². The van der Waals surface area contributed by atoms with Gasteiger partial charge in [0.25, 0.3) is 6.10 Å². The molecule has 0 aromatic rings. The molecule has 2 bridgehead atoms. The minimum absolute atomic E-state index is 0.0518. The van der Waals surface area contributed by atoms with Gasteiger partial charge in [-0.05, 0) is 19.8 Å². The average Bonchev–Trinajstić information content (AvgIpc) is 3.12. The van der Waals surface area contributed by atoms with Crippen molar-refractivity contribution in [3.05, 3.63) is 12.2 Å². The lowest BCUT2D eigenvalue weighted by Gasteiger charge is -2.32. The summed E-state index contributed by atoms with van der Waals surface area (Å²) in [5.74, 6) is -5.68. The van der Waals surface area contributed by atoms with Crippen molar-refractivity contribution in [3.8, 4) is 0 Å². The minimum Gasteiger partial charge on any atom is -0.457 e. The Morgan fingerprint density at radius 1 is 1.21 bits per heavy atom. The number of halogens is 6. The molecule has 1 saturated heterocycles. The number of fused-ring (bicyclic) bond motifs is 1. The number of esters is 3. The predicted octanol–water partition coefficient (Wildman–Crippen LogP) is 2.46. The molecule has 5 atom stereocenters. The monoisotopic (exact) mass is 416 g/mol. The van der Waals surface area contributed by atoms with Crippen LogP contribution in [0.15, 0.2) is 12.2 Å². The molecular formula is C16H14F6O6. The van der Waals surface area contributed by atoms with Gasteiger partial charge in [0.05, 0.1) is 0 Å². The number of carbonyl (C=O) groups excluding carboxylic acids is 3. The van der Waals surface area contributed by atoms with Gasteiger partial charge in [-0.15, -0.1) is 0 Å². The number of carbonyl (C=O) groups is 3. The number of ether oxygens (including phenoxy) is 3. The Labute approximate surface area is 153 Å². The summed E-state index contributed by atoms with van der Waals surface area (Å²) in [6, 6.07) is 0.